The average Bonchev–Trinajstić information content (AvgIpc) is 2.54. The standard InChI is InChI=1S/C17H15ClFNO3/c1-23-17(22)15(10-11-3-2-4-14(19)9-11)20-16(21)12-5-7-13(18)8-6-12/h2-9,15H,10H2,1H3,(H,20,21)/t15-/m0/s1. The molecule has 0 aromatic heterocycles. The van der Waals surface area contributed by atoms with Crippen molar-refractivity contribution in [2.24, 2.45) is 0 Å². The first-order valence-corrected chi connectivity index (χ1v) is 7.26. The number of amides is 1. The molecule has 0 aliphatic heterocycles. The SMILES string of the molecule is COC(=O)[C@H](Cc1cccc(F)c1)NC(=O)c1ccc(Cl)cc1. The highest BCUT2D eigenvalue weighted by Crippen LogP contribution is 2.11. The second-order valence-corrected chi connectivity index (χ2v) is 5.33. The molecule has 0 aliphatic rings. The van der Waals surface area contributed by atoms with Gasteiger partial charge in [-0.25, -0.2) is 9.18 Å². The highest BCUT2D eigenvalue weighted by Gasteiger charge is 2.22. The van der Waals surface area contributed by atoms with Gasteiger partial charge in [-0.15, -0.1) is 0 Å². The fraction of sp³-hybridized carbons (Fsp3) is 0.176. The molecule has 1 atom stereocenters. The first-order valence-electron chi connectivity index (χ1n) is 6.88. The molecular weight excluding hydrogens is 321 g/mol. The first-order chi connectivity index (χ1) is 11.0. The number of rotatable bonds is 5. The fourth-order valence-electron chi connectivity index (χ4n) is 2.08. The highest BCUT2D eigenvalue weighted by molar-refractivity contribution is 6.30. The third kappa shape index (κ3) is 4.79. The molecular formula is C17H15ClFNO3. The lowest BCUT2D eigenvalue weighted by molar-refractivity contribution is -0.142. The van der Waals surface area contributed by atoms with Gasteiger partial charge in [-0.3, -0.25) is 4.79 Å². The van der Waals surface area contributed by atoms with E-state index in [-0.39, 0.29) is 6.42 Å². The molecule has 2 aromatic carbocycles. The van der Waals surface area contributed by atoms with Crippen LogP contribution in [0.25, 0.3) is 0 Å². The van der Waals surface area contributed by atoms with E-state index in [1.54, 1.807) is 36.4 Å². The van der Waals surface area contributed by atoms with E-state index >= 15 is 0 Å². The topological polar surface area (TPSA) is 55.4 Å². The molecule has 120 valence electrons. The van der Waals surface area contributed by atoms with E-state index in [1.165, 1.54) is 19.2 Å². The van der Waals surface area contributed by atoms with Gasteiger partial charge in [0.15, 0.2) is 0 Å². The molecule has 0 radical (unpaired) electrons. The Morgan fingerprint density at radius 1 is 1.22 bits per heavy atom. The molecule has 0 aliphatic carbocycles. The van der Waals surface area contributed by atoms with Crippen molar-refractivity contribution in [1.29, 1.82) is 0 Å². The molecule has 0 saturated carbocycles. The van der Waals surface area contributed by atoms with E-state index in [0.29, 0.717) is 16.1 Å². The number of hydrogen-bond donors (Lipinski definition) is 1. The molecule has 0 bridgehead atoms. The lowest BCUT2D eigenvalue weighted by Gasteiger charge is -2.16. The molecule has 2 aromatic rings. The lowest BCUT2D eigenvalue weighted by Crippen LogP contribution is -2.43. The van der Waals surface area contributed by atoms with Crippen molar-refractivity contribution < 1.29 is 18.7 Å². The van der Waals surface area contributed by atoms with E-state index in [9.17, 15) is 14.0 Å². The van der Waals surface area contributed by atoms with Crippen LogP contribution in [0.15, 0.2) is 48.5 Å². The predicted octanol–water partition coefficient (Wildman–Crippen LogP) is 2.99. The molecule has 0 saturated heterocycles. The van der Waals surface area contributed by atoms with E-state index in [2.05, 4.69) is 5.32 Å². The molecule has 6 heteroatoms. The Kier molecular flexibility index (Phi) is 5.71. The van der Waals surface area contributed by atoms with Crippen LogP contribution in [0.2, 0.25) is 5.02 Å². The molecule has 0 unspecified atom stereocenters. The maximum Gasteiger partial charge on any atom is 0.328 e. The van der Waals surface area contributed by atoms with Crippen molar-refractivity contribution in [2.75, 3.05) is 7.11 Å². The van der Waals surface area contributed by atoms with Crippen LogP contribution in [0.1, 0.15) is 15.9 Å². The summed E-state index contributed by atoms with van der Waals surface area (Å²) in [6, 6.07) is 11.2. The molecule has 0 spiro atoms. The van der Waals surface area contributed by atoms with E-state index < -0.39 is 23.7 Å². The van der Waals surface area contributed by atoms with E-state index in [1.807, 2.05) is 0 Å². The van der Waals surface area contributed by atoms with Gasteiger partial charge in [0.25, 0.3) is 5.91 Å². The van der Waals surface area contributed by atoms with Crippen LogP contribution in [0.3, 0.4) is 0 Å². The number of halogens is 2. The van der Waals surface area contributed by atoms with Crippen molar-refractivity contribution in [3.8, 4) is 0 Å². The number of ether oxygens (including phenoxy) is 1. The Morgan fingerprint density at radius 3 is 2.52 bits per heavy atom. The maximum absolute atomic E-state index is 13.2. The van der Waals surface area contributed by atoms with Crippen LogP contribution < -0.4 is 5.32 Å². The summed E-state index contributed by atoms with van der Waals surface area (Å²) in [5.74, 6) is -1.44. The van der Waals surface area contributed by atoms with Gasteiger partial charge in [-0.05, 0) is 42.0 Å². The number of benzene rings is 2. The summed E-state index contributed by atoms with van der Waals surface area (Å²) in [6.07, 6.45) is 0.129. The van der Waals surface area contributed by atoms with Gasteiger partial charge in [0.05, 0.1) is 7.11 Å². The maximum atomic E-state index is 13.2. The van der Waals surface area contributed by atoms with Crippen LogP contribution in [0.4, 0.5) is 4.39 Å². The summed E-state index contributed by atoms with van der Waals surface area (Å²) in [5, 5.41) is 3.10. The zero-order chi connectivity index (χ0) is 16.8. The molecule has 0 fully saturated rings. The van der Waals surface area contributed by atoms with Crippen LogP contribution in [-0.4, -0.2) is 25.0 Å². The number of hydrogen-bond acceptors (Lipinski definition) is 3. The van der Waals surface area contributed by atoms with Crippen molar-refractivity contribution in [1.82, 2.24) is 5.32 Å². The number of carbonyl (C=O) groups excluding carboxylic acids is 2. The minimum atomic E-state index is -0.912. The molecule has 23 heavy (non-hydrogen) atoms. The summed E-state index contributed by atoms with van der Waals surface area (Å²) >= 11 is 5.78. The Labute approximate surface area is 138 Å². The average molecular weight is 336 g/mol. The minimum absolute atomic E-state index is 0.129. The molecule has 1 amide bonds. The third-order valence-electron chi connectivity index (χ3n) is 3.23. The summed E-state index contributed by atoms with van der Waals surface area (Å²) in [6.45, 7) is 0. The molecule has 0 heterocycles. The summed E-state index contributed by atoms with van der Waals surface area (Å²) < 4.78 is 18.0. The molecule has 4 nitrogen and oxygen atoms in total. The van der Waals surface area contributed by atoms with Crippen molar-refractivity contribution in [3.63, 3.8) is 0 Å². The van der Waals surface area contributed by atoms with Gasteiger partial charge in [-0.1, -0.05) is 23.7 Å². The Balaban J connectivity index is 2.13. The van der Waals surface area contributed by atoms with Gasteiger partial charge in [0, 0.05) is 17.0 Å². The normalized spacial score (nSPS) is 11.6. The predicted molar refractivity (Wildman–Crippen MR) is 84.8 cm³/mol. The van der Waals surface area contributed by atoms with Crippen molar-refractivity contribution in [3.05, 3.63) is 70.5 Å². The van der Waals surface area contributed by atoms with Gasteiger partial charge >= 0.3 is 5.97 Å². The second-order valence-electron chi connectivity index (χ2n) is 4.89. The summed E-state index contributed by atoms with van der Waals surface area (Å²) in [5.41, 5.74) is 0.944. The lowest BCUT2D eigenvalue weighted by atomic mass is 10.1. The van der Waals surface area contributed by atoms with E-state index in [4.69, 9.17) is 16.3 Å². The van der Waals surface area contributed by atoms with Crippen LogP contribution in [-0.2, 0) is 16.0 Å². The van der Waals surface area contributed by atoms with Crippen molar-refractivity contribution >= 4 is 23.5 Å². The van der Waals surface area contributed by atoms with Crippen LogP contribution in [0.5, 0.6) is 0 Å². The zero-order valence-electron chi connectivity index (χ0n) is 12.4. The second kappa shape index (κ2) is 7.74. The van der Waals surface area contributed by atoms with Gasteiger partial charge in [0.2, 0.25) is 0 Å². The highest BCUT2D eigenvalue weighted by atomic mass is 35.5. The fourth-order valence-corrected chi connectivity index (χ4v) is 2.20. The Bertz CT molecular complexity index is 703. The zero-order valence-corrected chi connectivity index (χ0v) is 13.1. The van der Waals surface area contributed by atoms with Gasteiger partial charge in [-0.2, -0.15) is 0 Å². The number of esters is 1. The van der Waals surface area contributed by atoms with Crippen LogP contribution >= 0.6 is 11.6 Å². The number of nitrogens with one attached hydrogen (secondary N) is 1. The smallest absolute Gasteiger partial charge is 0.328 e. The first kappa shape index (κ1) is 17.0. The van der Waals surface area contributed by atoms with Crippen molar-refractivity contribution in [2.45, 2.75) is 12.5 Å². The molecule has 1 N–H and O–H groups in total. The summed E-state index contributed by atoms with van der Waals surface area (Å²) in [7, 11) is 1.23. The monoisotopic (exact) mass is 335 g/mol. The number of methoxy groups -OCH3 is 1. The molecule has 2 rings (SSSR count). The summed E-state index contributed by atoms with van der Waals surface area (Å²) in [4.78, 5) is 24.1. The minimum Gasteiger partial charge on any atom is -0.467 e. The largest absolute Gasteiger partial charge is 0.467 e. The Hall–Kier alpha value is -2.40. The van der Waals surface area contributed by atoms with Gasteiger partial charge in [0.1, 0.15) is 11.9 Å². The van der Waals surface area contributed by atoms with E-state index in [0.717, 1.165) is 0 Å². The number of carbonyl (C=O) groups is 2. The third-order valence-corrected chi connectivity index (χ3v) is 3.48. The Morgan fingerprint density at radius 2 is 1.91 bits per heavy atom. The quantitative estimate of drug-likeness (QED) is 0.855. The van der Waals surface area contributed by atoms with Crippen LogP contribution in [0, 0.1) is 5.82 Å². The van der Waals surface area contributed by atoms with Gasteiger partial charge < -0.3 is 10.1 Å².